The predicted molar refractivity (Wildman–Crippen MR) is 85.5 cm³/mol. The molecule has 0 N–H and O–H groups in total. The Hall–Kier alpha value is -3.26. The number of hydrogen-bond donors (Lipinski definition) is 0. The summed E-state index contributed by atoms with van der Waals surface area (Å²) in [5.41, 5.74) is 5.44. The third-order valence-corrected chi connectivity index (χ3v) is 3.99. The maximum absolute atomic E-state index is 12.6. The molecule has 0 atom stereocenters. The zero-order valence-electron chi connectivity index (χ0n) is 12.4. The van der Waals surface area contributed by atoms with Gasteiger partial charge in [-0.25, -0.2) is 9.50 Å². The van der Waals surface area contributed by atoms with Crippen molar-refractivity contribution in [3.8, 4) is 6.07 Å². The molecule has 0 saturated heterocycles. The van der Waals surface area contributed by atoms with Gasteiger partial charge in [0.25, 0.3) is 0 Å². The van der Waals surface area contributed by atoms with Crippen molar-refractivity contribution in [1.29, 1.82) is 5.26 Å². The monoisotopic (exact) mass is 300 g/mol. The Bertz CT molecular complexity index is 1020. The number of rotatable bonds is 1. The lowest BCUT2D eigenvalue weighted by atomic mass is 9.90. The van der Waals surface area contributed by atoms with Gasteiger partial charge in [0.05, 0.1) is 29.4 Å². The molecule has 0 aliphatic heterocycles. The van der Waals surface area contributed by atoms with E-state index in [1.165, 1.54) is 0 Å². The first kappa shape index (κ1) is 13.4. The fraction of sp³-hybridized carbons (Fsp3) is 0.111. The van der Waals surface area contributed by atoms with Crippen LogP contribution in [0.25, 0.3) is 17.3 Å². The van der Waals surface area contributed by atoms with Gasteiger partial charge in [0.2, 0.25) is 0 Å². The molecule has 110 valence electrons. The maximum atomic E-state index is 12.6. The normalized spacial score (nSPS) is 13.6. The summed E-state index contributed by atoms with van der Waals surface area (Å²) >= 11 is 0. The lowest BCUT2D eigenvalue weighted by molar-refractivity contribution is -0.113. The summed E-state index contributed by atoms with van der Waals surface area (Å²) in [6.45, 7) is 1.91. The first-order chi connectivity index (χ1) is 11.2. The molecule has 0 radical (unpaired) electrons. The number of benzene rings is 1. The summed E-state index contributed by atoms with van der Waals surface area (Å²) in [5.74, 6) is 0.0443. The van der Waals surface area contributed by atoms with Gasteiger partial charge in [-0.15, -0.1) is 0 Å². The highest BCUT2D eigenvalue weighted by molar-refractivity contribution is 6.27. The average Bonchev–Trinajstić information content (AvgIpc) is 2.95. The minimum Gasteiger partial charge on any atom is -0.294 e. The number of fused-ring (bicyclic) bond motifs is 3. The Morgan fingerprint density at radius 2 is 2.04 bits per heavy atom. The summed E-state index contributed by atoms with van der Waals surface area (Å²) in [5, 5.41) is 13.3. The maximum Gasteiger partial charge on any atom is 0.169 e. The van der Waals surface area contributed by atoms with Gasteiger partial charge in [-0.05, 0) is 30.7 Å². The molecule has 2 aromatic heterocycles. The largest absolute Gasteiger partial charge is 0.294 e. The molecule has 3 aromatic rings. The topological polar surface area (TPSA) is 71.1 Å². The molecule has 0 fully saturated rings. The molecule has 0 amide bonds. The minimum absolute atomic E-state index is 0.0443. The third-order valence-electron chi connectivity index (χ3n) is 3.99. The van der Waals surface area contributed by atoms with Crippen LogP contribution >= 0.6 is 0 Å². The molecule has 1 aromatic carbocycles. The summed E-state index contributed by atoms with van der Waals surface area (Å²) in [6, 6.07) is 11.0. The molecule has 4 rings (SSSR count). The van der Waals surface area contributed by atoms with E-state index in [4.69, 9.17) is 5.26 Å². The minimum atomic E-state index is 0.0443. The van der Waals surface area contributed by atoms with Crippen LogP contribution in [0.5, 0.6) is 0 Å². The Morgan fingerprint density at radius 3 is 2.78 bits per heavy atom. The molecule has 23 heavy (non-hydrogen) atoms. The highest BCUT2D eigenvalue weighted by atomic mass is 16.1. The van der Waals surface area contributed by atoms with Crippen molar-refractivity contribution < 1.29 is 4.79 Å². The van der Waals surface area contributed by atoms with E-state index < -0.39 is 0 Å². The number of aryl methyl sites for hydroxylation is 1. The van der Waals surface area contributed by atoms with Gasteiger partial charge in [0, 0.05) is 23.4 Å². The zero-order valence-corrected chi connectivity index (χ0v) is 12.4. The van der Waals surface area contributed by atoms with E-state index in [1.54, 1.807) is 35.0 Å². The molecule has 5 nitrogen and oxygen atoms in total. The van der Waals surface area contributed by atoms with Gasteiger partial charge in [-0.3, -0.25) is 4.79 Å². The second-order valence-electron chi connectivity index (χ2n) is 5.56. The number of nitriles is 1. The van der Waals surface area contributed by atoms with E-state index in [9.17, 15) is 4.79 Å². The molecule has 1 aliphatic rings. The lowest BCUT2D eigenvalue weighted by Crippen LogP contribution is -2.16. The molecular weight excluding hydrogens is 288 g/mol. The molecule has 5 heteroatoms. The molecule has 2 heterocycles. The van der Waals surface area contributed by atoms with Crippen molar-refractivity contribution in [1.82, 2.24) is 14.6 Å². The standard InChI is InChI=1S/C18H12N4O/c1-11-6-18-20-10-14-7-15(13-4-2-12(9-19)3-5-13)17(23)8-16(14)22(18)21-11/h2-7,10H,8H2,1H3. The van der Waals surface area contributed by atoms with Gasteiger partial charge < -0.3 is 0 Å². The van der Waals surface area contributed by atoms with Crippen molar-refractivity contribution in [3.05, 3.63) is 64.6 Å². The van der Waals surface area contributed by atoms with Gasteiger partial charge >= 0.3 is 0 Å². The molecule has 0 unspecified atom stereocenters. The molecule has 0 bridgehead atoms. The van der Waals surface area contributed by atoms with Crippen LogP contribution in [0, 0.1) is 18.3 Å². The van der Waals surface area contributed by atoms with Gasteiger partial charge in [-0.1, -0.05) is 12.1 Å². The van der Waals surface area contributed by atoms with E-state index >= 15 is 0 Å². The summed E-state index contributed by atoms with van der Waals surface area (Å²) in [7, 11) is 0. The first-order valence-electron chi connectivity index (χ1n) is 7.25. The van der Waals surface area contributed by atoms with Crippen LogP contribution in [0.3, 0.4) is 0 Å². The van der Waals surface area contributed by atoms with Crippen molar-refractivity contribution in [2.45, 2.75) is 13.3 Å². The van der Waals surface area contributed by atoms with Gasteiger partial charge in [0.1, 0.15) is 0 Å². The van der Waals surface area contributed by atoms with Crippen LogP contribution in [0.4, 0.5) is 0 Å². The van der Waals surface area contributed by atoms with Crippen LogP contribution in [-0.4, -0.2) is 20.4 Å². The van der Waals surface area contributed by atoms with Gasteiger partial charge in [-0.2, -0.15) is 10.4 Å². The number of aromatic nitrogens is 3. The number of nitrogens with zero attached hydrogens (tertiary/aromatic N) is 4. The van der Waals surface area contributed by atoms with Crippen LogP contribution in [-0.2, 0) is 11.2 Å². The molecule has 1 aliphatic carbocycles. The third kappa shape index (κ3) is 2.12. The fourth-order valence-corrected chi connectivity index (χ4v) is 2.86. The quantitative estimate of drug-likeness (QED) is 0.692. The molecule has 0 spiro atoms. The highest BCUT2D eigenvalue weighted by Crippen LogP contribution is 2.28. The summed E-state index contributed by atoms with van der Waals surface area (Å²) in [4.78, 5) is 17.0. The number of ketones is 1. The van der Waals surface area contributed by atoms with Crippen LogP contribution < -0.4 is 0 Å². The zero-order chi connectivity index (χ0) is 16.0. The Labute approximate surface area is 132 Å². The SMILES string of the molecule is Cc1cc2ncc3c(n2n1)CC(=O)C(c1ccc(C#N)cc1)=C3. The van der Waals surface area contributed by atoms with E-state index in [2.05, 4.69) is 16.2 Å². The average molecular weight is 300 g/mol. The highest BCUT2D eigenvalue weighted by Gasteiger charge is 2.23. The smallest absolute Gasteiger partial charge is 0.169 e. The van der Waals surface area contributed by atoms with Crippen LogP contribution in [0.1, 0.15) is 28.1 Å². The number of Topliss-reactive ketones (excluding diaryl/α,β-unsaturated/α-hetero) is 1. The van der Waals surface area contributed by atoms with Crippen molar-refractivity contribution >= 4 is 23.1 Å². The lowest BCUT2D eigenvalue weighted by Gasteiger charge is -2.16. The van der Waals surface area contributed by atoms with Gasteiger partial charge in [0.15, 0.2) is 11.4 Å². The van der Waals surface area contributed by atoms with E-state index in [-0.39, 0.29) is 5.78 Å². The number of hydrogen-bond acceptors (Lipinski definition) is 4. The van der Waals surface area contributed by atoms with Crippen LogP contribution in [0.2, 0.25) is 0 Å². The van der Waals surface area contributed by atoms with Crippen LogP contribution in [0.15, 0.2) is 36.5 Å². The van der Waals surface area contributed by atoms with E-state index in [0.717, 1.165) is 28.2 Å². The second kappa shape index (κ2) is 4.89. The Balaban J connectivity index is 1.86. The summed E-state index contributed by atoms with van der Waals surface area (Å²) < 4.78 is 1.74. The van der Waals surface area contributed by atoms with E-state index in [1.807, 2.05) is 19.1 Å². The van der Waals surface area contributed by atoms with Crippen molar-refractivity contribution in [2.24, 2.45) is 0 Å². The fourth-order valence-electron chi connectivity index (χ4n) is 2.86. The molecular formula is C18H12N4O. The first-order valence-corrected chi connectivity index (χ1v) is 7.25. The number of carbonyl (C=O) groups excluding carboxylic acids is 1. The van der Waals surface area contributed by atoms with Crippen molar-refractivity contribution in [3.63, 3.8) is 0 Å². The van der Waals surface area contributed by atoms with Crippen molar-refractivity contribution in [2.75, 3.05) is 0 Å². The summed E-state index contributed by atoms with van der Waals surface area (Å²) in [6.07, 6.45) is 3.93. The number of carbonyl (C=O) groups is 1. The predicted octanol–water partition coefficient (Wildman–Crippen LogP) is 2.58. The second-order valence-corrected chi connectivity index (χ2v) is 5.56. The Morgan fingerprint density at radius 1 is 1.26 bits per heavy atom. The Kier molecular flexibility index (Phi) is 2.85. The number of allylic oxidation sites excluding steroid dienone is 1. The molecule has 0 saturated carbocycles. The van der Waals surface area contributed by atoms with E-state index in [0.29, 0.717) is 17.6 Å².